The lowest BCUT2D eigenvalue weighted by Crippen LogP contribution is -2.30. The predicted molar refractivity (Wildman–Crippen MR) is 76.0 cm³/mol. The van der Waals surface area contributed by atoms with E-state index in [1.165, 1.54) is 0 Å². The van der Waals surface area contributed by atoms with Crippen LogP contribution in [0.5, 0.6) is 0 Å². The van der Waals surface area contributed by atoms with Crippen molar-refractivity contribution in [2.45, 2.75) is 19.9 Å². The average Bonchev–Trinajstić information content (AvgIpc) is 2.21. The first-order valence-electron chi connectivity index (χ1n) is 5.25. The van der Waals surface area contributed by atoms with Gasteiger partial charge in [0.25, 0.3) is 0 Å². The van der Waals surface area contributed by atoms with Gasteiger partial charge >= 0.3 is 0 Å². The first-order chi connectivity index (χ1) is 7.56. The average molecular weight is 351 g/mol. The summed E-state index contributed by atoms with van der Waals surface area (Å²) in [5.41, 5.74) is 1.08. The van der Waals surface area contributed by atoms with Crippen LogP contribution >= 0.6 is 31.9 Å². The lowest BCUT2D eigenvalue weighted by Gasteiger charge is -2.24. The number of methoxy groups -OCH3 is 1. The highest BCUT2D eigenvalue weighted by Gasteiger charge is 2.15. The molecule has 0 spiro atoms. The maximum Gasteiger partial charge on any atom is 0.0666 e. The van der Waals surface area contributed by atoms with Crippen molar-refractivity contribution in [1.82, 2.24) is 0 Å². The molecule has 0 aliphatic heterocycles. The predicted octanol–water partition coefficient (Wildman–Crippen LogP) is 4.29. The molecule has 0 aliphatic rings. The number of hydrogen-bond donors (Lipinski definition) is 1. The zero-order valence-corrected chi connectivity index (χ0v) is 12.9. The Morgan fingerprint density at radius 1 is 1.25 bits per heavy atom. The van der Waals surface area contributed by atoms with E-state index in [2.05, 4.69) is 51.0 Å². The van der Waals surface area contributed by atoms with Crippen LogP contribution in [0.1, 0.15) is 13.8 Å². The van der Waals surface area contributed by atoms with Gasteiger partial charge in [0.1, 0.15) is 0 Å². The Morgan fingerprint density at radius 3 is 2.25 bits per heavy atom. The molecule has 1 unspecified atom stereocenters. The highest BCUT2D eigenvalue weighted by Crippen LogP contribution is 2.31. The lowest BCUT2D eigenvalue weighted by atomic mass is 10.1. The summed E-state index contributed by atoms with van der Waals surface area (Å²) in [5, 5.41) is 3.50. The minimum Gasteiger partial charge on any atom is -0.383 e. The Kier molecular flexibility index (Phi) is 5.79. The largest absolute Gasteiger partial charge is 0.383 e. The van der Waals surface area contributed by atoms with E-state index in [4.69, 9.17) is 4.74 Å². The molecule has 1 aromatic rings. The Balaban J connectivity index is 2.84. The molecule has 4 heteroatoms. The third kappa shape index (κ3) is 3.75. The van der Waals surface area contributed by atoms with Gasteiger partial charge in [0.2, 0.25) is 0 Å². The third-order valence-electron chi connectivity index (χ3n) is 2.44. The van der Waals surface area contributed by atoms with E-state index in [-0.39, 0.29) is 0 Å². The zero-order valence-electron chi connectivity index (χ0n) is 9.76. The number of halogens is 2. The van der Waals surface area contributed by atoms with Crippen LogP contribution in [0.2, 0.25) is 0 Å². The maximum absolute atomic E-state index is 5.22. The van der Waals surface area contributed by atoms with Crippen LogP contribution in [-0.4, -0.2) is 19.8 Å². The molecule has 90 valence electrons. The molecule has 1 rings (SSSR count). The zero-order chi connectivity index (χ0) is 12.1. The highest BCUT2D eigenvalue weighted by molar-refractivity contribution is 9.11. The Hall–Kier alpha value is -0.0600. The van der Waals surface area contributed by atoms with E-state index in [0.717, 1.165) is 14.6 Å². The molecule has 2 nitrogen and oxygen atoms in total. The summed E-state index contributed by atoms with van der Waals surface area (Å²) in [6.07, 6.45) is 0. The second-order valence-corrected chi connectivity index (χ2v) is 5.76. The summed E-state index contributed by atoms with van der Waals surface area (Å²) in [6.45, 7) is 5.06. The van der Waals surface area contributed by atoms with Crippen molar-refractivity contribution in [2.75, 3.05) is 19.0 Å². The van der Waals surface area contributed by atoms with Gasteiger partial charge in [-0.1, -0.05) is 19.9 Å². The van der Waals surface area contributed by atoms with Crippen LogP contribution in [0.25, 0.3) is 0 Å². The van der Waals surface area contributed by atoms with Gasteiger partial charge in [-0.2, -0.15) is 0 Å². The van der Waals surface area contributed by atoms with E-state index in [1.807, 2.05) is 18.2 Å². The van der Waals surface area contributed by atoms with Crippen molar-refractivity contribution in [3.63, 3.8) is 0 Å². The molecule has 1 aromatic carbocycles. The summed E-state index contributed by atoms with van der Waals surface area (Å²) in [5.74, 6) is 0.513. The van der Waals surface area contributed by atoms with Gasteiger partial charge in [0, 0.05) is 16.1 Å². The molecule has 0 aromatic heterocycles. The summed E-state index contributed by atoms with van der Waals surface area (Å²) < 4.78 is 7.34. The Morgan fingerprint density at radius 2 is 1.81 bits per heavy atom. The van der Waals surface area contributed by atoms with Crippen molar-refractivity contribution >= 4 is 37.5 Å². The molecule has 0 radical (unpaired) electrons. The van der Waals surface area contributed by atoms with Crippen LogP contribution in [-0.2, 0) is 4.74 Å². The SMILES string of the molecule is COCC(Nc1c(Br)cccc1Br)C(C)C. The summed E-state index contributed by atoms with van der Waals surface area (Å²) in [6, 6.07) is 6.36. The Bertz CT molecular complexity index is 322. The number of para-hydroxylation sites is 1. The third-order valence-corrected chi connectivity index (χ3v) is 3.77. The standard InChI is InChI=1S/C12H17Br2NO/c1-8(2)11(7-16-3)15-12-9(13)5-4-6-10(12)14/h4-6,8,11,15H,7H2,1-3H3. The van der Waals surface area contributed by atoms with Gasteiger partial charge in [-0.3, -0.25) is 0 Å². The minimum absolute atomic E-state index is 0.306. The van der Waals surface area contributed by atoms with Crippen LogP contribution < -0.4 is 5.32 Å². The fourth-order valence-corrected chi connectivity index (χ4v) is 2.63. The van der Waals surface area contributed by atoms with Crippen molar-refractivity contribution in [1.29, 1.82) is 0 Å². The molecule has 1 atom stereocenters. The molecule has 0 aliphatic carbocycles. The van der Waals surface area contributed by atoms with Crippen molar-refractivity contribution < 1.29 is 4.74 Å². The first kappa shape index (κ1) is 14.0. The van der Waals surface area contributed by atoms with Crippen LogP contribution in [0.15, 0.2) is 27.1 Å². The summed E-state index contributed by atoms with van der Waals surface area (Å²) in [4.78, 5) is 0. The number of ether oxygens (including phenoxy) is 1. The second-order valence-electron chi connectivity index (χ2n) is 4.05. The summed E-state index contributed by atoms with van der Waals surface area (Å²) >= 11 is 7.09. The summed E-state index contributed by atoms with van der Waals surface area (Å²) in [7, 11) is 1.73. The number of hydrogen-bond acceptors (Lipinski definition) is 2. The monoisotopic (exact) mass is 349 g/mol. The molecule has 0 saturated carbocycles. The van der Waals surface area contributed by atoms with Gasteiger partial charge in [0.05, 0.1) is 18.3 Å². The van der Waals surface area contributed by atoms with Crippen LogP contribution in [0.4, 0.5) is 5.69 Å². The lowest BCUT2D eigenvalue weighted by molar-refractivity contribution is 0.171. The van der Waals surface area contributed by atoms with E-state index in [9.17, 15) is 0 Å². The van der Waals surface area contributed by atoms with Gasteiger partial charge in [-0.05, 0) is 49.9 Å². The van der Waals surface area contributed by atoms with E-state index in [1.54, 1.807) is 7.11 Å². The molecule has 0 saturated heterocycles. The van der Waals surface area contributed by atoms with Crippen LogP contribution in [0.3, 0.4) is 0 Å². The molecule has 0 bridgehead atoms. The molecule has 16 heavy (non-hydrogen) atoms. The number of rotatable bonds is 5. The second kappa shape index (κ2) is 6.62. The Labute approximate surface area is 114 Å². The van der Waals surface area contributed by atoms with Gasteiger partial charge in [0.15, 0.2) is 0 Å². The normalized spacial score (nSPS) is 12.9. The highest BCUT2D eigenvalue weighted by atomic mass is 79.9. The van der Waals surface area contributed by atoms with Crippen molar-refractivity contribution in [3.8, 4) is 0 Å². The fraction of sp³-hybridized carbons (Fsp3) is 0.500. The quantitative estimate of drug-likeness (QED) is 0.855. The first-order valence-corrected chi connectivity index (χ1v) is 6.84. The topological polar surface area (TPSA) is 21.3 Å². The van der Waals surface area contributed by atoms with Crippen molar-refractivity contribution in [2.24, 2.45) is 5.92 Å². The maximum atomic E-state index is 5.22. The molecule has 0 fully saturated rings. The smallest absolute Gasteiger partial charge is 0.0666 e. The molecular weight excluding hydrogens is 334 g/mol. The number of benzene rings is 1. The van der Waals surface area contributed by atoms with E-state index < -0.39 is 0 Å². The minimum atomic E-state index is 0.306. The van der Waals surface area contributed by atoms with Crippen LogP contribution in [0, 0.1) is 5.92 Å². The van der Waals surface area contributed by atoms with Gasteiger partial charge in [-0.25, -0.2) is 0 Å². The fourth-order valence-electron chi connectivity index (χ4n) is 1.40. The molecule has 0 amide bonds. The molecule has 1 N–H and O–H groups in total. The van der Waals surface area contributed by atoms with Crippen molar-refractivity contribution in [3.05, 3.63) is 27.1 Å². The van der Waals surface area contributed by atoms with Gasteiger partial charge in [-0.15, -0.1) is 0 Å². The molecule has 0 heterocycles. The molecular formula is C12H17Br2NO. The van der Waals surface area contributed by atoms with E-state index in [0.29, 0.717) is 18.6 Å². The number of nitrogens with one attached hydrogen (secondary N) is 1. The van der Waals surface area contributed by atoms with E-state index >= 15 is 0 Å². The van der Waals surface area contributed by atoms with Gasteiger partial charge < -0.3 is 10.1 Å². The number of anilines is 1.